The molecule has 0 aromatic heterocycles. The molecule has 0 spiro atoms. The molecule has 8 heteroatoms. The van der Waals surface area contributed by atoms with Gasteiger partial charge in [0.25, 0.3) is 0 Å². The normalized spacial score (nSPS) is 26.8. The van der Waals surface area contributed by atoms with Gasteiger partial charge in [0.1, 0.15) is 0 Å². The van der Waals surface area contributed by atoms with Gasteiger partial charge in [-0.25, -0.2) is 9.59 Å². The largest absolute Gasteiger partial charge is 0.479 e. The molecule has 1 rings (SSSR count). The number of halogens is 3. The fourth-order valence-electron chi connectivity index (χ4n) is 2.35. The minimum atomic E-state index is -5.07. The van der Waals surface area contributed by atoms with Gasteiger partial charge in [-0.3, -0.25) is 0 Å². The molecule has 3 unspecified atom stereocenters. The summed E-state index contributed by atoms with van der Waals surface area (Å²) in [7, 11) is 0. The zero-order valence-corrected chi connectivity index (χ0v) is 11.6. The highest BCUT2D eigenvalue weighted by Crippen LogP contribution is 2.31. The van der Waals surface area contributed by atoms with Gasteiger partial charge >= 0.3 is 18.2 Å². The van der Waals surface area contributed by atoms with E-state index >= 15 is 0 Å². The predicted octanol–water partition coefficient (Wildman–Crippen LogP) is 2.36. The lowest BCUT2D eigenvalue weighted by Crippen LogP contribution is -2.65. The molecule has 3 atom stereocenters. The molecule has 0 bridgehead atoms. The maximum atomic E-state index is 12.9. The van der Waals surface area contributed by atoms with E-state index < -0.39 is 23.7 Å². The van der Waals surface area contributed by atoms with Crippen LogP contribution < -0.4 is 5.32 Å². The first-order valence-electron chi connectivity index (χ1n) is 6.41. The maximum absolute atomic E-state index is 12.9. The zero-order valence-electron chi connectivity index (χ0n) is 11.6. The molecule has 1 aliphatic heterocycles. The first-order valence-corrected chi connectivity index (χ1v) is 6.41. The topological polar surface area (TPSA) is 69.6 Å². The summed E-state index contributed by atoms with van der Waals surface area (Å²) in [5.41, 5.74) is -3.29. The van der Waals surface area contributed by atoms with E-state index in [-0.39, 0.29) is 12.1 Å². The van der Waals surface area contributed by atoms with E-state index in [1.165, 1.54) is 4.90 Å². The number of piperidine rings is 1. The molecular formula is C12H19F3N2O3. The van der Waals surface area contributed by atoms with Crippen LogP contribution >= 0.6 is 0 Å². The highest BCUT2D eigenvalue weighted by molar-refractivity contribution is 5.87. The molecule has 1 saturated heterocycles. The number of hydrogen-bond donors (Lipinski definition) is 2. The van der Waals surface area contributed by atoms with Gasteiger partial charge < -0.3 is 15.3 Å². The molecule has 0 aliphatic carbocycles. The number of nitrogens with one attached hydrogen (secondary N) is 1. The fraction of sp³-hybridized carbons (Fsp3) is 0.833. The lowest BCUT2D eigenvalue weighted by molar-refractivity contribution is -0.203. The first kappa shape index (κ1) is 16.6. The average molecular weight is 296 g/mol. The fourth-order valence-corrected chi connectivity index (χ4v) is 2.35. The van der Waals surface area contributed by atoms with Crippen LogP contribution in [0.2, 0.25) is 0 Å². The number of likely N-dealkylation sites (tertiary alicyclic amines) is 1. The summed E-state index contributed by atoms with van der Waals surface area (Å²) in [4.78, 5) is 24.2. The second-order valence-electron chi connectivity index (χ2n) is 5.39. The average Bonchev–Trinajstić information content (AvgIpc) is 2.26. The van der Waals surface area contributed by atoms with Crippen molar-refractivity contribution >= 4 is 12.0 Å². The van der Waals surface area contributed by atoms with Gasteiger partial charge in [0.05, 0.1) is 0 Å². The Balaban J connectivity index is 2.94. The molecule has 1 fully saturated rings. The van der Waals surface area contributed by atoms with Gasteiger partial charge in [-0.15, -0.1) is 0 Å². The number of nitrogens with zero attached hydrogens (tertiary/aromatic N) is 1. The number of carboxylic acids is 1. The van der Waals surface area contributed by atoms with Crippen molar-refractivity contribution in [3.63, 3.8) is 0 Å². The Hall–Kier alpha value is -1.47. The molecule has 0 aromatic rings. The van der Waals surface area contributed by atoms with E-state index in [0.29, 0.717) is 19.8 Å². The van der Waals surface area contributed by atoms with Crippen LogP contribution in [0.1, 0.15) is 40.0 Å². The highest BCUT2D eigenvalue weighted by Gasteiger charge is 2.59. The van der Waals surface area contributed by atoms with E-state index in [9.17, 15) is 22.8 Å². The van der Waals surface area contributed by atoms with Crippen LogP contribution in [0.15, 0.2) is 0 Å². The van der Waals surface area contributed by atoms with Crippen molar-refractivity contribution in [1.82, 2.24) is 10.2 Å². The third-order valence-corrected chi connectivity index (χ3v) is 3.78. The monoisotopic (exact) mass is 296 g/mol. The number of amides is 2. The second-order valence-corrected chi connectivity index (χ2v) is 5.39. The third-order valence-electron chi connectivity index (χ3n) is 3.78. The molecule has 5 nitrogen and oxygen atoms in total. The van der Waals surface area contributed by atoms with E-state index in [0.717, 1.165) is 6.42 Å². The van der Waals surface area contributed by atoms with E-state index in [1.807, 2.05) is 0 Å². The summed E-state index contributed by atoms with van der Waals surface area (Å²) in [6.45, 7) is 3.92. The van der Waals surface area contributed by atoms with Crippen molar-refractivity contribution < 1.29 is 27.9 Å². The van der Waals surface area contributed by atoms with E-state index in [1.54, 1.807) is 19.2 Å². The Labute approximate surface area is 115 Å². The van der Waals surface area contributed by atoms with Crippen LogP contribution in [0, 0.1) is 0 Å². The van der Waals surface area contributed by atoms with Gasteiger partial charge in [-0.2, -0.15) is 13.2 Å². The summed E-state index contributed by atoms with van der Waals surface area (Å²) in [5.74, 6) is -2.13. The molecule has 2 amide bonds. The van der Waals surface area contributed by atoms with Gasteiger partial charge in [0.2, 0.25) is 5.54 Å². The summed E-state index contributed by atoms with van der Waals surface area (Å²) in [6.07, 6.45) is -2.81. The number of rotatable bonds is 2. The van der Waals surface area contributed by atoms with Gasteiger partial charge in [0, 0.05) is 12.1 Å². The Morgan fingerprint density at radius 3 is 2.00 bits per heavy atom. The summed E-state index contributed by atoms with van der Waals surface area (Å²) < 4.78 is 38.6. The molecule has 1 heterocycles. The van der Waals surface area contributed by atoms with Crippen LogP contribution in [0.5, 0.6) is 0 Å². The molecule has 0 saturated carbocycles. The van der Waals surface area contributed by atoms with Crippen molar-refractivity contribution in [2.24, 2.45) is 0 Å². The van der Waals surface area contributed by atoms with Crippen LogP contribution in [0.25, 0.3) is 0 Å². The molecule has 2 N–H and O–H groups in total. The van der Waals surface area contributed by atoms with Crippen molar-refractivity contribution in [2.45, 2.75) is 63.8 Å². The lowest BCUT2D eigenvalue weighted by atomic mass is 9.97. The van der Waals surface area contributed by atoms with Crippen LogP contribution in [-0.2, 0) is 4.79 Å². The Morgan fingerprint density at radius 1 is 1.20 bits per heavy atom. The Bertz CT molecular complexity index is 390. The Morgan fingerprint density at radius 2 is 1.65 bits per heavy atom. The molecule has 1 aliphatic rings. The summed E-state index contributed by atoms with van der Waals surface area (Å²) in [6, 6.07) is -1.43. The minimum absolute atomic E-state index is 0.218. The molecule has 20 heavy (non-hydrogen) atoms. The summed E-state index contributed by atoms with van der Waals surface area (Å²) >= 11 is 0. The van der Waals surface area contributed by atoms with Crippen molar-refractivity contribution in [2.75, 3.05) is 0 Å². The van der Waals surface area contributed by atoms with Crippen molar-refractivity contribution in [3.8, 4) is 0 Å². The number of carbonyl (C=O) groups is 2. The number of urea groups is 1. The van der Waals surface area contributed by atoms with Gasteiger partial charge in [-0.05, 0) is 40.0 Å². The highest BCUT2D eigenvalue weighted by atomic mass is 19.4. The number of carboxylic acid groups (broad SMARTS) is 1. The van der Waals surface area contributed by atoms with Gasteiger partial charge in [0.15, 0.2) is 0 Å². The molecule has 116 valence electrons. The predicted molar refractivity (Wildman–Crippen MR) is 65.2 cm³/mol. The second kappa shape index (κ2) is 5.49. The van der Waals surface area contributed by atoms with Crippen LogP contribution in [0.4, 0.5) is 18.0 Å². The summed E-state index contributed by atoms with van der Waals surface area (Å²) in [5, 5.41) is 10.4. The van der Waals surface area contributed by atoms with Crippen LogP contribution in [-0.4, -0.2) is 45.8 Å². The minimum Gasteiger partial charge on any atom is -0.479 e. The molecule has 0 aromatic carbocycles. The standard InChI is InChI=1S/C12H19F3N2O3/c1-7-5-4-6-8(2)17(7)10(20)16-11(3,9(18)19)12(13,14)15/h7-8H,4-6H2,1-3H3,(H,16,20)(H,18,19). The number of hydrogen-bond acceptors (Lipinski definition) is 2. The molecular weight excluding hydrogens is 277 g/mol. The Kier molecular flexibility index (Phi) is 4.55. The quantitative estimate of drug-likeness (QED) is 0.822. The smallest absolute Gasteiger partial charge is 0.422 e. The van der Waals surface area contributed by atoms with Crippen LogP contribution in [0.3, 0.4) is 0 Å². The number of carbonyl (C=O) groups excluding carboxylic acids is 1. The lowest BCUT2D eigenvalue weighted by Gasteiger charge is -2.41. The molecule has 0 radical (unpaired) electrons. The van der Waals surface area contributed by atoms with Crippen molar-refractivity contribution in [3.05, 3.63) is 0 Å². The van der Waals surface area contributed by atoms with E-state index in [2.05, 4.69) is 0 Å². The SMILES string of the molecule is CC1CCCC(C)N1C(=O)NC(C)(C(=O)O)C(F)(F)F. The number of aliphatic carboxylic acids is 1. The van der Waals surface area contributed by atoms with E-state index in [4.69, 9.17) is 5.11 Å². The maximum Gasteiger partial charge on any atom is 0.422 e. The van der Waals surface area contributed by atoms with Crippen molar-refractivity contribution in [1.29, 1.82) is 0 Å². The zero-order chi connectivity index (χ0) is 15.7. The van der Waals surface area contributed by atoms with Gasteiger partial charge in [-0.1, -0.05) is 0 Å². The number of alkyl halides is 3. The first-order chi connectivity index (χ1) is 9.00. The third kappa shape index (κ3) is 2.99.